The van der Waals surface area contributed by atoms with Gasteiger partial charge in [0.15, 0.2) is 0 Å². The van der Waals surface area contributed by atoms with Crippen molar-refractivity contribution in [2.75, 3.05) is 13.1 Å². The highest BCUT2D eigenvalue weighted by molar-refractivity contribution is 5.59. The SMILES string of the molecule is C=C(CC(C)(C)CC/N=C\C(C)C)NCC(CC)CC. The zero-order valence-corrected chi connectivity index (χ0v) is 14.6. The first-order chi connectivity index (χ1) is 9.30. The summed E-state index contributed by atoms with van der Waals surface area (Å²) in [6.07, 6.45) is 6.68. The highest BCUT2D eigenvalue weighted by Gasteiger charge is 2.18. The van der Waals surface area contributed by atoms with Crippen molar-refractivity contribution in [2.24, 2.45) is 22.2 Å². The molecule has 0 atom stereocenters. The highest BCUT2D eigenvalue weighted by atomic mass is 14.9. The molecule has 0 aromatic heterocycles. The molecule has 0 aromatic carbocycles. The number of hydrogen-bond acceptors (Lipinski definition) is 2. The van der Waals surface area contributed by atoms with E-state index in [1.165, 1.54) is 18.5 Å². The summed E-state index contributed by atoms with van der Waals surface area (Å²) >= 11 is 0. The van der Waals surface area contributed by atoms with Crippen molar-refractivity contribution < 1.29 is 0 Å². The van der Waals surface area contributed by atoms with Gasteiger partial charge in [0.05, 0.1) is 0 Å². The van der Waals surface area contributed by atoms with E-state index in [9.17, 15) is 0 Å². The summed E-state index contributed by atoms with van der Waals surface area (Å²) in [6.45, 7) is 19.6. The van der Waals surface area contributed by atoms with E-state index in [0.717, 1.165) is 31.8 Å². The van der Waals surface area contributed by atoms with E-state index in [4.69, 9.17) is 0 Å². The van der Waals surface area contributed by atoms with Crippen molar-refractivity contribution in [2.45, 2.75) is 67.2 Å². The van der Waals surface area contributed by atoms with Crippen molar-refractivity contribution in [3.05, 3.63) is 12.3 Å². The predicted molar refractivity (Wildman–Crippen MR) is 92.4 cm³/mol. The largest absolute Gasteiger partial charge is 0.389 e. The second kappa shape index (κ2) is 10.0. The maximum atomic E-state index is 4.49. The van der Waals surface area contributed by atoms with Crippen LogP contribution in [0.15, 0.2) is 17.3 Å². The molecule has 1 N–H and O–H groups in total. The standard InChI is InChI=1S/C18H36N2/c1-8-17(9-2)14-20-16(5)12-18(6,7)10-11-19-13-15(3)4/h13,15,17,20H,5,8-12,14H2,1-4,6-7H3/b19-13-. The molecule has 0 aliphatic heterocycles. The molecule has 2 heteroatoms. The van der Waals surface area contributed by atoms with E-state index < -0.39 is 0 Å². The van der Waals surface area contributed by atoms with Crippen LogP contribution in [-0.4, -0.2) is 19.3 Å². The summed E-state index contributed by atoms with van der Waals surface area (Å²) in [7, 11) is 0. The van der Waals surface area contributed by atoms with Gasteiger partial charge in [-0.05, 0) is 30.1 Å². The Bertz CT molecular complexity index is 286. The molecule has 0 spiro atoms. The second-order valence-corrected chi connectivity index (χ2v) is 7.06. The second-order valence-electron chi connectivity index (χ2n) is 7.06. The molecule has 2 nitrogen and oxygen atoms in total. The fourth-order valence-electron chi connectivity index (χ4n) is 2.25. The van der Waals surface area contributed by atoms with Crippen LogP contribution in [0, 0.1) is 17.3 Å². The molecular formula is C18H36N2. The third kappa shape index (κ3) is 10.1. The van der Waals surface area contributed by atoms with Crippen LogP contribution in [0.2, 0.25) is 0 Å². The quantitative estimate of drug-likeness (QED) is 0.526. The third-order valence-electron chi connectivity index (χ3n) is 3.81. The fourth-order valence-corrected chi connectivity index (χ4v) is 2.25. The lowest BCUT2D eigenvalue weighted by molar-refractivity contribution is 0.327. The maximum absolute atomic E-state index is 4.49. The number of aliphatic imine (C=N–C) groups is 1. The number of nitrogens with one attached hydrogen (secondary N) is 1. The van der Waals surface area contributed by atoms with Gasteiger partial charge >= 0.3 is 0 Å². The Labute approximate surface area is 127 Å². The molecule has 0 amide bonds. The molecule has 0 aliphatic carbocycles. The first kappa shape index (κ1) is 19.2. The Kier molecular flexibility index (Phi) is 9.62. The summed E-state index contributed by atoms with van der Waals surface area (Å²) in [5, 5.41) is 3.52. The van der Waals surface area contributed by atoms with E-state index in [1.54, 1.807) is 0 Å². The number of hydrogen-bond donors (Lipinski definition) is 1. The van der Waals surface area contributed by atoms with Crippen LogP contribution >= 0.6 is 0 Å². The van der Waals surface area contributed by atoms with Gasteiger partial charge in [-0.2, -0.15) is 0 Å². The van der Waals surface area contributed by atoms with Crippen molar-refractivity contribution in [3.8, 4) is 0 Å². The molecule has 0 aliphatic rings. The third-order valence-corrected chi connectivity index (χ3v) is 3.81. The molecule has 0 saturated carbocycles. The first-order valence-corrected chi connectivity index (χ1v) is 8.22. The molecule has 0 aromatic rings. The lowest BCUT2D eigenvalue weighted by atomic mass is 9.84. The van der Waals surface area contributed by atoms with Crippen LogP contribution in [0.25, 0.3) is 0 Å². The summed E-state index contributed by atoms with van der Waals surface area (Å²) in [6, 6.07) is 0. The Hall–Kier alpha value is -0.790. The lowest BCUT2D eigenvalue weighted by Crippen LogP contribution is -2.25. The Morgan fingerprint density at radius 3 is 2.35 bits per heavy atom. The summed E-state index contributed by atoms with van der Waals surface area (Å²) in [4.78, 5) is 4.49. The van der Waals surface area contributed by atoms with E-state index >= 15 is 0 Å². The van der Waals surface area contributed by atoms with Gasteiger partial charge in [-0.25, -0.2) is 0 Å². The average Bonchev–Trinajstić information content (AvgIpc) is 2.35. The van der Waals surface area contributed by atoms with Gasteiger partial charge in [0.2, 0.25) is 0 Å². The van der Waals surface area contributed by atoms with Gasteiger partial charge in [-0.1, -0.05) is 61.0 Å². The maximum Gasteiger partial charge on any atom is 0.0390 e. The van der Waals surface area contributed by atoms with Gasteiger partial charge in [-0.3, -0.25) is 4.99 Å². The van der Waals surface area contributed by atoms with Gasteiger partial charge in [0, 0.05) is 25.0 Å². The minimum atomic E-state index is 0.270. The van der Waals surface area contributed by atoms with Gasteiger partial charge in [0.25, 0.3) is 0 Å². The van der Waals surface area contributed by atoms with Crippen LogP contribution in [0.1, 0.15) is 67.2 Å². The van der Waals surface area contributed by atoms with Crippen LogP contribution in [-0.2, 0) is 0 Å². The van der Waals surface area contributed by atoms with Gasteiger partial charge < -0.3 is 5.32 Å². The Morgan fingerprint density at radius 1 is 1.25 bits per heavy atom. The Balaban J connectivity index is 4.02. The zero-order valence-electron chi connectivity index (χ0n) is 14.6. The van der Waals surface area contributed by atoms with Crippen LogP contribution in [0.5, 0.6) is 0 Å². The average molecular weight is 281 g/mol. The van der Waals surface area contributed by atoms with E-state index in [0.29, 0.717) is 5.92 Å². The minimum absolute atomic E-state index is 0.270. The summed E-state index contributed by atoms with van der Waals surface area (Å²) in [5.74, 6) is 1.32. The molecule has 0 unspecified atom stereocenters. The van der Waals surface area contributed by atoms with Crippen LogP contribution in [0.3, 0.4) is 0 Å². The van der Waals surface area contributed by atoms with E-state index in [2.05, 4.69) is 64.6 Å². The molecule has 0 bridgehead atoms. The molecule has 0 heterocycles. The molecule has 0 radical (unpaired) electrons. The minimum Gasteiger partial charge on any atom is -0.389 e. The normalized spacial score (nSPS) is 12.6. The predicted octanol–water partition coefficient (Wildman–Crippen LogP) is 5.06. The molecule has 0 fully saturated rings. The topological polar surface area (TPSA) is 24.4 Å². The number of nitrogens with zero attached hydrogens (tertiary/aromatic N) is 1. The lowest BCUT2D eigenvalue weighted by Gasteiger charge is -2.26. The Morgan fingerprint density at radius 2 is 1.85 bits per heavy atom. The molecular weight excluding hydrogens is 244 g/mol. The number of allylic oxidation sites excluding steroid dienone is 1. The molecule has 0 saturated heterocycles. The highest BCUT2D eigenvalue weighted by Crippen LogP contribution is 2.27. The van der Waals surface area contributed by atoms with Gasteiger partial charge in [-0.15, -0.1) is 0 Å². The van der Waals surface area contributed by atoms with Crippen molar-refractivity contribution in [1.82, 2.24) is 5.32 Å². The van der Waals surface area contributed by atoms with Crippen molar-refractivity contribution >= 4 is 6.21 Å². The monoisotopic (exact) mass is 280 g/mol. The van der Waals surface area contributed by atoms with Crippen LogP contribution in [0.4, 0.5) is 0 Å². The van der Waals surface area contributed by atoms with E-state index in [-0.39, 0.29) is 5.41 Å². The smallest absolute Gasteiger partial charge is 0.0390 e. The first-order valence-electron chi connectivity index (χ1n) is 8.22. The summed E-state index contributed by atoms with van der Waals surface area (Å²) < 4.78 is 0. The molecule has 118 valence electrons. The molecule has 0 rings (SSSR count). The number of rotatable bonds is 11. The van der Waals surface area contributed by atoms with E-state index in [1.807, 2.05) is 0 Å². The van der Waals surface area contributed by atoms with Crippen molar-refractivity contribution in [3.63, 3.8) is 0 Å². The van der Waals surface area contributed by atoms with Crippen molar-refractivity contribution in [1.29, 1.82) is 0 Å². The van der Waals surface area contributed by atoms with Crippen LogP contribution < -0.4 is 5.32 Å². The fraction of sp³-hybridized carbons (Fsp3) is 0.833. The summed E-state index contributed by atoms with van der Waals surface area (Å²) in [5.41, 5.74) is 1.45. The van der Waals surface area contributed by atoms with Gasteiger partial charge in [0.1, 0.15) is 0 Å². The molecule has 20 heavy (non-hydrogen) atoms. The zero-order chi connectivity index (χ0) is 15.6.